The minimum absolute atomic E-state index is 0.201. The second-order valence-electron chi connectivity index (χ2n) is 6.73. The van der Waals surface area contributed by atoms with Crippen LogP contribution in [0.15, 0.2) is 11.6 Å². The van der Waals surface area contributed by atoms with Gasteiger partial charge in [0.1, 0.15) is 0 Å². The SMILES string of the molecule is CC1=CC(C)(C)[C@H](OC(=O)C(C)C)[C@@H]1OC(=O)C(C)C. The van der Waals surface area contributed by atoms with Crippen molar-refractivity contribution in [3.8, 4) is 0 Å². The predicted octanol–water partition coefficient (Wildman–Crippen LogP) is 3.11. The van der Waals surface area contributed by atoms with Gasteiger partial charge in [0.15, 0.2) is 12.2 Å². The molecule has 0 heterocycles. The molecule has 0 fully saturated rings. The van der Waals surface area contributed by atoms with Crippen molar-refractivity contribution in [2.24, 2.45) is 17.3 Å². The highest BCUT2D eigenvalue weighted by molar-refractivity contribution is 5.73. The summed E-state index contributed by atoms with van der Waals surface area (Å²) >= 11 is 0. The molecule has 4 heteroatoms. The number of ether oxygens (including phenoxy) is 2. The molecule has 0 bridgehead atoms. The van der Waals surface area contributed by atoms with Gasteiger partial charge < -0.3 is 9.47 Å². The highest BCUT2D eigenvalue weighted by atomic mass is 16.6. The van der Waals surface area contributed by atoms with Crippen molar-refractivity contribution < 1.29 is 19.1 Å². The number of hydrogen-bond donors (Lipinski definition) is 0. The first-order valence-electron chi connectivity index (χ1n) is 7.16. The predicted molar refractivity (Wildman–Crippen MR) is 77.0 cm³/mol. The van der Waals surface area contributed by atoms with Crippen LogP contribution in [0, 0.1) is 17.3 Å². The minimum atomic E-state index is -0.484. The minimum Gasteiger partial charge on any atom is -0.457 e. The maximum atomic E-state index is 11.9. The lowest BCUT2D eigenvalue weighted by Gasteiger charge is -2.31. The van der Waals surface area contributed by atoms with E-state index in [0.29, 0.717) is 0 Å². The third-order valence-electron chi connectivity index (χ3n) is 3.49. The first-order valence-corrected chi connectivity index (χ1v) is 7.16. The summed E-state index contributed by atoms with van der Waals surface area (Å²) in [5.41, 5.74) is 0.599. The van der Waals surface area contributed by atoms with Crippen molar-refractivity contribution in [3.05, 3.63) is 11.6 Å². The fourth-order valence-electron chi connectivity index (χ4n) is 2.27. The second kappa shape index (κ2) is 5.98. The zero-order chi connectivity index (χ0) is 15.7. The van der Waals surface area contributed by atoms with E-state index in [1.165, 1.54) is 0 Å². The maximum Gasteiger partial charge on any atom is 0.309 e. The summed E-state index contributed by atoms with van der Waals surface area (Å²) in [6.45, 7) is 13.0. The number of carbonyl (C=O) groups excluding carboxylic acids is 2. The molecule has 20 heavy (non-hydrogen) atoms. The lowest BCUT2D eigenvalue weighted by Crippen LogP contribution is -2.41. The first-order chi connectivity index (χ1) is 9.06. The molecule has 1 rings (SSSR count). The average molecular weight is 282 g/mol. The lowest BCUT2D eigenvalue weighted by atomic mass is 9.89. The zero-order valence-electron chi connectivity index (χ0n) is 13.5. The highest BCUT2D eigenvalue weighted by Crippen LogP contribution is 2.40. The van der Waals surface area contributed by atoms with Crippen LogP contribution in [-0.4, -0.2) is 24.1 Å². The molecule has 114 valence electrons. The van der Waals surface area contributed by atoms with Gasteiger partial charge in [0.2, 0.25) is 0 Å². The van der Waals surface area contributed by atoms with Gasteiger partial charge in [0, 0.05) is 5.41 Å². The summed E-state index contributed by atoms with van der Waals surface area (Å²) in [6.07, 6.45) is 1.08. The molecule has 0 aromatic carbocycles. The summed E-state index contributed by atoms with van der Waals surface area (Å²) in [7, 11) is 0. The van der Waals surface area contributed by atoms with Crippen LogP contribution in [-0.2, 0) is 19.1 Å². The molecule has 0 unspecified atom stereocenters. The van der Waals surface area contributed by atoms with Gasteiger partial charge in [-0.2, -0.15) is 0 Å². The largest absolute Gasteiger partial charge is 0.457 e. The van der Waals surface area contributed by atoms with E-state index >= 15 is 0 Å². The molecule has 0 aromatic heterocycles. The molecule has 0 spiro atoms. The van der Waals surface area contributed by atoms with Gasteiger partial charge in [0.05, 0.1) is 11.8 Å². The third-order valence-corrected chi connectivity index (χ3v) is 3.49. The lowest BCUT2D eigenvalue weighted by molar-refractivity contribution is -0.173. The van der Waals surface area contributed by atoms with Crippen LogP contribution in [0.2, 0.25) is 0 Å². The molecule has 0 saturated heterocycles. The Hall–Kier alpha value is -1.32. The Labute approximate surface area is 121 Å². The van der Waals surface area contributed by atoms with Crippen molar-refractivity contribution in [1.29, 1.82) is 0 Å². The molecule has 0 N–H and O–H groups in total. The molecule has 0 saturated carbocycles. The van der Waals surface area contributed by atoms with Gasteiger partial charge in [-0.05, 0) is 12.5 Å². The summed E-state index contributed by atoms with van der Waals surface area (Å²) in [5.74, 6) is -0.941. The van der Waals surface area contributed by atoms with E-state index < -0.39 is 12.2 Å². The van der Waals surface area contributed by atoms with E-state index in [1.54, 1.807) is 27.7 Å². The Balaban J connectivity index is 2.91. The van der Waals surface area contributed by atoms with Crippen molar-refractivity contribution in [2.45, 2.75) is 60.7 Å². The summed E-state index contributed by atoms with van der Waals surface area (Å²) in [4.78, 5) is 23.7. The van der Waals surface area contributed by atoms with Gasteiger partial charge in [-0.1, -0.05) is 47.6 Å². The van der Waals surface area contributed by atoms with Crippen LogP contribution in [0.5, 0.6) is 0 Å². The van der Waals surface area contributed by atoms with Crippen LogP contribution in [0.25, 0.3) is 0 Å². The summed E-state index contributed by atoms with van der Waals surface area (Å²) in [5, 5.41) is 0. The van der Waals surface area contributed by atoms with E-state index in [0.717, 1.165) is 5.57 Å². The Bertz CT molecular complexity index is 418. The van der Waals surface area contributed by atoms with Gasteiger partial charge in [-0.25, -0.2) is 0 Å². The summed E-state index contributed by atoms with van der Waals surface area (Å²) in [6, 6.07) is 0. The van der Waals surface area contributed by atoms with E-state index in [-0.39, 0.29) is 29.2 Å². The summed E-state index contributed by atoms with van der Waals surface area (Å²) < 4.78 is 11.1. The molecular weight excluding hydrogens is 256 g/mol. The molecule has 0 amide bonds. The number of hydrogen-bond acceptors (Lipinski definition) is 4. The Kier molecular flexibility index (Phi) is 5.00. The van der Waals surface area contributed by atoms with E-state index in [1.807, 2.05) is 26.8 Å². The van der Waals surface area contributed by atoms with Crippen molar-refractivity contribution in [3.63, 3.8) is 0 Å². The Morgan fingerprint density at radius 1 is 1.05 bits per heavy atom. The van der Waals surface area contributed by atoms with Crippen LogP contribution >= 0.6 is 0 Å². The number of esters is 2. The van der Waals surface area contributed by atoms with E-state index in [4.69, 9.17) is 9.47 Å². The zero-order valence-corrected chi connectivity index (χ0v) is 13.5. The molecular formula is C16H26O4. The van der Waals surface area contributed by atoms with Crippen molar-refractivity contribution >= 4 is 11.9 Å². The van der Waals surface area contributed by atoms with Gasteiger partial charge in [0.25, 0.3) is 0 Å². The Morgan fingerprint density at radius 3 is 1.95 bits per heavy atom. The maximum absolute atomic E-state index is 11.9. The van der Waals surface area contributed by atoms with Crippen LogP contribution < -0.4 is 0 Å². The first kappa shape index (κ1) is 16.7. The molecule has 1 aliphatic rings. The topological polar surface area (TPSA) is 52.6 Å². The molecule has 1 aliphatic carbocycles. The van der Waals surface area contributed by atoms with Crippen LogP contribution in [0.1, 0.15) is 48.5 Å². The second-order valence-corrected chi connectivity index (χ2v) is 6.73. The highest BCUT2D eigenvalue weighted by Gasteiger charge is 2.46. The number of carbonyl (C=O) groups is 2. The van der Waals surface area contributed by atoms with Gasteiger partial charge >= 0.3 is 11.9 Å². The fourth-order valence-corrected chi connectivity index (χ4v) is 2.27. The van der Waals surface area contributed by atoms with Gasteiger partial charge in [-0.3, -0.25) is 9.59 Å². The Morgan fingerprint density at radius 2 is 1.50 bits per heavy atom. The molecule has 0 aliphatic heterocycles. The molecule has 4 nitrogen and oxygen atoms in total. The number of rotatable bonds is 4. The standard InChI is InChI=1S/C16H26O4/c1-9(2)14(17)19-12-11(5)8-16(6,7)13(12)20-15(18)10(3)4/h8-10,12-13H,1-7H3/t12-,13-/m1/s1. The van der Waals surface area contributed by atoms with Crippen LogP contribution in [0.3, 0.4) is 0 Å². The van der Waals surface area contributed by atoms with Crippen molar-refractivity contribution in [2.75, 3.05) is 0 Å². The van der Waals surface area contributed by atoms with E-state index in [2.05, 4.69) is 0 Å². The third kappa shape index (κ3) is 3.62. The van der Waals surface area contributed by atoms with Crippen LogP contribution in [0.4, 0.5) is 0 Å². The van der Waals surface area contributed by atoms with Gasteiger partial charge in [-0.15, -0.1) is 0 Å². The van der Waals surface area contributed by atoms with E-state index in [9.17, 15) is 9.59 Å². The molecule has 0 radical (unpaired) electrons. The molecule has 0 aromatic rings. The molecule has 2 atom stereocenters. The monoisotopic (exact) mass is 282 g/mol. The normalized spacial score (nSPS) is 24.8. The average Bonchev–Trinajstić information content (AvgIpc) is 2.50. The smallest absolute Gasteiger partial charge is 0.309 e. The fraction of sp³-hybridized carbons (Fsp3) is 0.750. The van der Waals surface area contributed by atoms with Crippen molar-refractivity contribution in [1.82, 2.24) is 0 Å². The quantitative estimate of drug-likeness (QED) is 0.587.